The van der Waals surface area contributed by atoms with Crippen LogP contribution in [-0.4, -0.2) is 52.1 Å². The highest BCUT2D eigenvalue weighted by atomic mass is 32.2. The van der Waals surface area contributed by atoms with Crippen molar-refractivity contribution in [2.75, 3.05) is 33.4 Å². The van der Waals surface area contributed by atoms with Crippen molar-refractivity contribution in [3.8, 4) is 5.75 Å². The molecule has 0 amide bonds. The maximum Gasteiger partial charge on any atom is 0.331 e. The number of morpholine rings is 1. The van der Waals surface area contributed by atoms with Crippen molar-refractivity contribution in [3.05, 3.63) is 64.7 Å². The lowest BCUT2D eigenvalue weighted by Gasteiger charge is -2.26. The zero-order chi connectivity index (χ0) is 22.4. The number of hydrogen-bond donors (Lipinski definition) is 0. The van der Waals surface area contributed by atoms with Gasteiger partial charge in [-0.15, -0.1) is 0 Å². The summed E-state index contributed by atoms with van der Waals surface area (Å²) in [6, 6.07) is 10.7. The molecule has 0 N–H and O–H groups in total. The van der Waals surface area contributed by atoms with Gasteiger partial charge in [0.1, 0.15) is 17.3 Å². The number of esters is 1. The average Bonchev–Trinajstić information content (AvgIpc) is 2.78. The Morgan fingerprint density at radius 3 is 2.58 bits per heavy atom. The fourth-order valence-corrected chi connectivity index (χ4v) is 4.84. The van der Waals surface area contributed by atoms with Gasteiger partial charge < -0.3 is 14.2 Å². The third kappa shape index (κ3) is 5.72. The molecule has 0 atom stereocenters. The number of ether oxygens (including phenoxy) is 3. The number of carbonyl (C=O) groups is 1. The van der Waals surface area contributed by atoms with E-state index in [9.17, 15) is 13.2 Å². The smallest absolute Gasteiger partial charge is 0.331 e. The molecule has 166 valence electrons. The van der Waals surface area contributed by atoms with Crippen LogP contribution in [0.25, 0.3) is 6.08 Å². The molecule has 0 aromatic heterocycles. The van der Waals surface area contributed by atoms with Crippen molar-refractivity contribution in [3.63, 3.8) is 0 Å². The third-order valence-corrected chi connectivity index (χ3v) is 6.98. The zero-order valence-electron chi connectivity index (χ0n) is 18.0. The zero-order valence-corrected chi connectivity index (χ0v) is 18.8. The van der Waals surface area contributed by atoms with Gasteiger partial charge in [-0.2, -0.15) is 4.31 Å². The van der Waals surface area contributed by atoms with E-state index in [1.54, 1.807) is 12.1 Å². The summed E-state index contributed by atoms with van der Waals surface area (Å²) in [5.74, 6) is -0.254. The van der Waals surface area contributed by atoms with Gasteiger partial charge in [0, 0.05) is 19.2 Å². The summed E-state index contributed by atoms with van der Waals surface area (Å²) in [5.41, 5.74) is 3.65. The van der Waals surface area contributed by atoms with E-state index in [2.05, 4.69) is 0 Å². The summed E-state index contributed by atoms with van der Waals surface area (Å²) in [7, 11) is -2.32. The van der Waals surface area contributed by atoms with Crippen LogP contribution in [0.15, 0.2) is 47.4 Å². The van der Waals surface area contributed by atoms with E-state index in [1.807, 2.05) is 32.0 Å². The lowest BCUT2D eigenvalue weighted by atomic mass is 10.1. The summed E-state index contributed by atoms with van der Waals surface area (Å²) in [5, 5.41) is 0. The average molecular weight is 446 g/mol. The van der Waals surface area contributed by atoms with Crippen molar-refractivity contribution in [1.82, 2.24) is 4.31 Å². The Morgan fingerprint density at radius 1 is 1.13 bits per heavy atom. The van der Waals surface area contributed by atoms with Gasteiger partial charge in [-0.05, 0) is 48.7 Å². The highest BCUT2D eigenvalue weighted by Crippen LogP contribution is 2.29. The molecule has 7 nitrogen and oxygen atoms in total. The van der Waals surface area contributed by atoms with Crippen LogP contribution in [0, 0.1) is 13.8 Å². The molecular weight excluding hydrogens is 418 g/mol. The number of hydrogen-bond acceptors (Lipinski definition) is 6. The minimum Gasteiger partial charge on any atom is -0.495 e. The van der Waals surface area contributed by atoms with E-state index in [-0.39, 0.29) is 30.3 Å². The molecule has 1 fully saturated rings. The Bertz CT molecular complexity index is 1070. The number of carbonyl (C=O) groups excluding carboxylic acids is 1. The molecule has 0 bridgehead atoms. The Kier molecular flexibility index (Phi) is 7.48. The van der Waals surface area contributed by atoms with E-state index in [4.69, 9.17) is 14.2 Å². The van der Waals surface area contributed by atoms with Gasteiger partial charge >= 0.3 is 5.97 Å². The van der Waals surface area contributed by atoms with Crippen molar-refractivity contribution in [2.24, 2.45) is 0 Å². The van der Waals surface area contributed by atoms with Gasteiger partial charge in [0.25, 0.3) is 0 Å². The van der Waals surface area contributed by atoms with Gasteiger partial charge in [0.2, 0.25) is 10.0 Å². The van der Waals surface area contributed by atoms with Crippen LogP contribution in [-0.2, 0) is 30.9 Å². The van der Waals surface area contributed by atoms with E-state index in [0.29, 0.717) is 18.8 Å². The van der Waals surface area contributed by atoms with Crippen LogP contribution in [0.3, 0.4) is 0 Å². The topological polar surface area (TPSA) is 82.1 Å². The number of benzene rings is 2. The van der Waals surface area contributed by atoms with Crippen molar-refractivity contribution in [1.29, 1.82) is 0 Å². The summed E-state index contributed by atoms with van der Waals surface area (Å²) in [6.07, 6.45) is 2.82. The lowest BCUT2D eigenvalue weighted by Crippen LogP contribution is -2.40. The SMILES string of the molecule is COc1ccc(/C=C/C(=O)OCc2cc(C)ccc2C)cc1S(=O)(=O)N1CCOCC1. The first-order valence-electron chi connectivity index (χ1n) is 9.98. The summed E-state index contributed by atoms with van der Waals surface area (Å²) in [6.45, 7) is 5.41. The first-order chi connectivity index (χ1) is 14.8. The predicted octanol–water partition coefficient (Wildman–Crippen LogP) is 3.09. The Hall–Kier alpha value is -2.68. The molecule has 0 saturated carbocycles. The maximum absolute atomic E-state index is 13.1. The molecule has 1 aliphatic heterocycles. The molecule has 1 saturated heterocycles. The monoisotopic (exact) mass is 445 g/mol. The molecular formula is C23H27NO6S. The fourth-order valence-electron chi connectivity index (χ4n) is 3.24. The van der Waals surface area contributed by atoms with Gasteiger partial charge in [0.15, 0.2) is 0 Å². The Morgan fingerprint density at radius 2 is 1.87 bits per heavy atom. The minimum absolute atomic E-state index is 0.0582. The normalized spacial score (nSPS) is 15.2. The van der Waals surface area contributed by atoms with Gasteiger partial charge in [0.05, 0.1) is 20.3 Å². The van der Waals surface area contributed by atoms with Crippen molar-refractivity contribution in [2.45, 2.75) is 25.3 Å². The van der Waals surface area contributed by atoms with Crippen LogP contribution in [0.2, 0.25) is 0 Å². The molecule has 8 heteroatoms. The van der Waals surface area contributed by atoms with E-state index in [1.165, 1.54) is 29.6 Å². The van der Waals surface area contributed by atoms with E-state index < -0.39 is 16.0 Å². The quantitative estimate of drug-likeness (QED) is 0.481. The van der Waals surface area contributed by atoms with Crippen molar-refractivity contribution >= 4 is 22.1 Å². The molecule has 0 unspecified atom stereocenters. The summed E-state index contributed by atoms with van der Waals surface area (Å²) >= 11 is 0. The molecule has 1 aliphatic rings. The van der Waals surface area contributed by atoms with Crippen LogP contribution in [0.1, 0.15) is 22.3 Å². The molecule has 1 heterocycles. The number of nitrogens with zero attached hydrogens (tertiary/aromatic N) is 1. The van der Waals surface area contributed by atoms with E-state index >= 15 is 0 Å². The maximum atomic E-state index is 13.1. The van der Waals surface area contributed by atoms with E-state index in [0.717, 1.165) is 16.7 Å². The van der Waals surface area contributed by atoms with Crippen LogP contribution < -0.4 is 4.74 Å². The summed E-state index contributed by atoms with van der Waals surface area (Å²) < 4.78 is 43.3. The number of aryl methyl sites for hydroxylation is 2. The largest absolute Gasteiger partial charge is 0.495 e. The highest BCUT2D eigenvalue weighted by molar-refractivity contribution is 7.89. The third-order valence-electron chi connectivity index (χ3n) is 5.06. The van der Waals surface area contributed by atoms with Gasteiger partial charge in [-0.1, -0.05) is 29.8 Å². The second kappa shape index (κ2) is 10.1. The molecule has 0 spiro atoms. The standard InChI is InChI=1S/C23H27NO6S/c1-17-4-5-18(2)20(14-17)16-30-23(25)9-7-19-6-8-21(28-3)22(15-19)31(26,27)24-10-12-29-13-11-24/h4-9,14-15H,10-13,16H2,1-3H3/b9-7+. The Balaban J connectivity index is 1.74. The van der Waals surface area contributed by atoms with Crippen LogP contribution in [0.4, 0.5) is 0 Å². The first-order valence-corrected chi connectivity index (χ1v) is 11.4. The minimum atomic E-state index is -3.74. The van der Waals surface area contributed by atoms with Crippen LogP contribution >= 0.6 is 0 Å². The highest BCUT2D eigenvalue weighted by Gasteiger charge is 2.29. The molecule has 0 radical (unpaired) electrons. The number of sulfonamides is 1. The number of rotatable bonds is 7. The lowest BCUT2D eigenvalue weighted by molar-refractivity contribution is -0.138. The number of methoxy groups -OCH3 is 1. The second-order valence-electron chi connectivity index (χ2n) is 7.30. The summed E-state index contributed by atoms with van der Waals surface area (Å²) in [4.78, 5) is 12.2. The molecule has 2 aromatic carbocycles. The fraction of sp³-hybridized carbons (Fsp3) is 0.348. The predicted molar refractivity (Wildman–Crippen MR) is 117 cm³/mol. The van der Waals surface area contributed by atoms with Crippen LogP contribution in [0.5, 0.6) is 5.75 Å². The second-order valence-corrected chi connectivity index (χ2v) is 9.20. The Labute approximate surface area is 183 Å². The first kappa shape index (κ1) is 23.0. The van der Waals surface area contributed by atoms with Gasteiger partial charge in [-0.3, -0.25) is 0 Å². The van der Waals surface area contributed by atoms with Gasteiger partial charge in [-0.25, -0.2) is 13.2 Å². The van der Waals surface area contributed by atoms with Crippen molar-refractivity contribution < 1.29 is 27.4 Å². The molecule has 2 aromatic rings. The molecule has 3 rings (SSSR count). The molecule has 31 heavy (non-hydrogen) atoms. The molecule has 0 aliphatic carbocycles.